The molecule has 0 unspecified atom stereocenters. The zero-order valence-corrected chi connectivity index (χ0v) is 11.8. The molecule has 2 aromatic heterocycles. The van der Waals surface area contributed by atoms with E-state index in [4.69, 9.17) is 0 Å². The van der Waals surface area contributed by atoms with Crippen molar-refractivity contribution in [3.8, 4) is 0 Å². The average molecular weight is 345 g/mol. The van der Waals surface area contributed by atoms with Crippen molar-refractivity contribution in [1.82, 2.24) is 8.96 Å². The van der Waals surface area contributed by atoms with E-state index in [1.807, 2.05) is 12.4 Å². The van der Waals surface area contributed by atoms with Crippen molar-refractivity contribution in [3.05, 3.63) is 22.0 Å². The number of halogens is 1. The molecule has 1 aliphatic heterocycles. The van der Waals surface area contributed by atoms with Crippen LogP contribution in [0.3, 0.4) is 0 Å². The first kappa shape index (κ1) is 10.7. The van der Waals surface area contributed by atoms with Crippen LogP contribution in [0.4, 0.5) is 5.69 Å². The molecule has 0 aromatic carbocycles. The van der Waals surface area contributed by atoms with Crippen molar-refractivity contribution in [2.45, 2.75) is 12.8 Å². The van der Waals surface area contributed by atoms with E-state index < -0.39 is 0 Å². The Morgan fingerprint density at radius 1 is 1.31 bits per heavy atom. The van der Waals surface area contributed by atoms with Crippen LogP contribution >= 0.6 is 35.4 Å². The summed E-state index contributed by atoms with van der Waals surface area (Å²) in [6.07, 6.45) is 6.54. The molecule has 0 spiro atoms. The highest BCUT2D eigenvalue weighted by molar-refractivity contribution is 14.1. The summed E-state index contributed by atoms with van der Waals surface area (Å²) in [6, 6.07) is 2.22. The number of pyridine rings is 1. The van der Waals surface area contributed by atoms with E-state index in [1.54, 1.807) is 3.97 Å². The average Bonchev–Trinajstić information content (AvgIpc) is 2.88. The Balaban J connectivity index is 2.11. The van der Waals surface area contributed by atoms with Crippen LogP contribution in [0.2, 0.25) is 0 Å². The van der Waals surface area contributed by atoms with Gasteiger partial charge in [-0.05, 0) is 41.5 Å². The van der Waals surface area contributed by atoms with Gasteiger partial charge in [-0.1, -0.05) is 12.8 Å². The first-order valence-corrected chi connectivity index (χ1v) is 6.84. The van der Waals surface area contributed by atoms with Crippen molar-refractivity contribution in [3.63, 3.8) is 0 Å². The van der Waals surface area contributed by atoms with Gasteiger partial charge >= 0.3 is 0 Å². The predicted molar refractivity (Wildman–Crippen MR) is 78.3 cm³/mol. The van der Waals surface area contributed by atoms with E-state index in [0.717, 1.165) is 18.7 Å². The molecule has 84 valence electrons. The molecule has 3 nitrogen and oxygen atoms in total. The second-order valence-corrected chi connectivity index (χ2v) is 5.67. The molecule has 0 amide bonds. The molecule has 0 bridgehead atoms. The number of rotatable bonds is 1. The van der Waals surface area contributed by atoms with Crippen LogP contribution in [0.25, 0.3) is 11.0 Å². The summed E-state index contributed by atoms with van der Waals surface area (Å²) in [4.78, 5) is 6.89. The summed E-state index contributed by atoms with van der Waals surface area (Å²) >= 11 is 6.68. The topological polar surface area (TPSA) is 21.1 Å². The highest BCUT2D eigenvalue weighted by Crippen LogP contribution is 2.27. The number of nitrogens with zero attached hydrogens (tertiary/aromatic N) is 3. The summed E-state index contributed by atoms with van der Waals surface area (Å²) in [5.41, 5.74) is 2.18. The van der Waals surface area contributed by atoms with Gasteiger partial charge in [0.25, 0.3) is 0 Å². The molecule has 0 aliphatic carbocycles. The Bertz CT molecular complexity index is 531. The van der Waals surface area contributed by atoms with E-state index in [0.29, 0.717) is 0 Å². The van der Waals surface area contributed by atoms with Crippen molar-refractivity contribution >= 4 is 52.1 Å². The minimum Gasteiger partial charge on any atom is -0.370 e. The lowest BCUT2D eigenvalue weighted by Crippen LogP contribution is -2.17. The molecular weight excluding hydrogens is 333 g/mol. The highest BCUT2D eigenvalue weighted by atomic mass is 127. The van der Waals surface area contributed by atoms with E-state index in [1.165, 1.54) is 27.5 Å². The Labute approximate surface area is 114 Å². The molecule has 1 saturated heterocycles. The zero-order valence-electron chi connectivity index (χ0n) is 8.73. The Hall–Kier alpha value is -0.430. The molecule has 3 heterocycles. The number of thiol groups is 1. The maximum atomic E-state index is 4.49. The van der Waals surface area contributed by atoms with Crippen LogP contribution in [0.1, 0.15) is 12.8 Å². The van der Waals surface area contributed by atoms with Gasteiger partial charge in [-0.25, -0.2) is 4.98 Å². The Morgan fingerprint density at radius 2 is 2.06 bits per heavy atom. The quantitative estimate of drug-likeness (QED) is 0.634. The van der Waals surface area contributed by atoms with Crippen molar-refractivity contribution in [2.75, 3.05) is 18.0 Å². The number of fused-ring (bicyclic) bond motifs is 1. The van der Waals surface area contributed by atoms with Crippen molar-refractivity contribution < 1.29 is 0 Å². The molecular formula is C11H12IN3S. The Morgan fingerprint density at radius 3 is 2.81 bits per heavy atom. The molecule has 1 fully saturated rings. The fourth-order valence-electron chi connectivity index (χ4n) is 2.19. The maximum Gasteiger partial charge on any atom is 0.150 e. The van der Waals surface area contributed by atoms with Crippen LogP contribution < -0.4 is 4.90 Å². The fourth-order valence-corrected chi connectivity index (χ4v) is 3.36. The van der Waals surface area contributed by atoms with E-state index in [2.05, 4.69) is 51.4 Å². The number of hydrogen-bond acceptors (Lipinski definition) is 3. The lowest BCUT2D eigenvalue weighted by molar-refractivity contribution is 0.949. The fraction of sp³-hybridized carbons (Fsp3) is 0.364. The van der Waals surface area contributed by atoms with Gasteiger partial charge in [0.2, 0.25) is 0 Å². The molecule has 2 aromatic rings. The third kappa shape index (κ3) is 1.69. The number of aromatic nitrogens is 2. The van der Waals surface area contributed by atoms with Gasteiger partial charge in [-0.2, -0.15) is 0 Å². The van der Waals surface area contributed by atoms with E-state index >= 15 is 0 Å². The normalized spacial score (nSPS) is 16.2. The van der Waals surface area contributed by atoms with Gasteiger partial charge < -0.3 is 4.90 Å². The molecule has 0 saturated carbocycles. The third-order valence-corrected chi connectivity index (χ3v) is 4.20. The highest BCUT2D eigenvalue weighted by Gasteiger charge is 2.14. The smallest absolute Gasteiger partial charge is 0.150 e. The largest absolute Gasteiger partial charge is 0.370 e. The SMILES string of the molecule is Sn1cc(I)c2cc(N3CCCC3)cnc21. The summed E-state index contributed by atoms with van der Waals surface area (Å²) < 4.78 is 2.99. The van der Waals surface area contributed by atoms with Crippen LogP contribution in [0.5, 0.6) is 0 Å². The lowest BCUT2D eigenvalue weighted by Gasteiger charge is -2.16. The first-order chi connectivity index (χ1) is 7.75. The summed E-state index contributed by atoms with van der Waals surface area (Å²) in [6.45, 7) is 2.32. The van der Waals surface area contributed by atoms with Crippen LogP contribution in [0.15, 0.2) is 18.5 Å². The van der Waals surface area contributed by atoms with E-state index in [-0.39, 0.29) is 0 Å². The number of anilines is 1. The minimum atomic E-state index is 0.940. The summed E-state index contributed by atoms with van der Waals surface area (Å²) in [5.74, 6) is 0. The van der Waals surface area contributed by atoms with Crippen LogP contribution in [0, 0.1) is 3.57 Å². The molecule has 16 heavy (non-hydrogen) atoms. The van der Waals surface area contributed by atoms with Crippen LogP contribution in [-0.2, 0) is 0 Å². The first-order valence-electron chi connectivity index (χ1n) is 5.36. The van der Waals surface area contributed by atoms with Gasteiger partial charge in [0.15, 0.2) is 5.65 Å². The summed E-state index contributed by atoms with van der Waals surface area (Å²) in [5, 5.41) is 1.19. The van der Waals surface area contributed by atoms with Gasteiger partial charge in [0.05, 0.1) is 11.9 Å². The predicted octanol–water partition coefficient (Wildman–Crippen LogP) is 2.93. The maximum absolute atomic E-state index is 4.49. The molecule has 3 rings (SSSR count). The summed E-state index contributed by atoms with van der Waals surface area (Å²) in [7, 11) is 0. The second kappa shape index (κ2) is 4.10. The van der Waals surface area contributed by atoms with Gasteiger partial charge in [-0.15, -0.1) is 0 Å². The third-order valence-electron chi connectivity index (χ3n) is 3.03. The molecule has 0 atom stereocenters. The van der Waals surface area contributed by atoms with Crippen LogP contribution in [-0.4, -0.2) is 22.0 Å². The lowest BCUT2D eigenvalue weighted by atomic mass is 10.3. The second-order valence-electron chi connectivity index (χ2n) is 4.08. The Kier molecular flexibility index (Phi) is 2.75. The van der Waals surface area contributed by atoms with Crippen molar-refractivity contribution in [1.29, 1.82) is 0 Å². The number of hydrogen-bond donors (Lipinski definition) is 1. The molecule has 5 heteroatoms. The standard InChI is InChI=1S/C11H12IN3S/c12-10-7-15(16)11-9(10)5-8(6-13-11)14-3-1-2-4-14/h5-7,16H,1-4H2. The molecule has 0 radical (unpaired) electrons. The minimum absolute atomic E-state index is 0.940. The molecule has 1 aliphatic rings. The van der Waals surface area contributed by atoms with Gasteiger partial charge in [-0.3, -0.25) is 3.97 Å². The van der Waals surface area contributed by atoms with Gasteiger partial charge in [0.1, 0.15) is 0 Å². The van der Waals surface area contributed by atoms with Gasteiger partial charge in [0, 0.05) is 28.2 Å². The van der Waals surface area contributed by atoms with Crippen molar-refractivity contribution in [2.24, 2.45) is 0 Å². The zero-order chi connectivity index (χ0) is 11.1. The monoisotopic (exact) mass is 345 g/mol. The molecule has 0 N–H and O–H groups in total. The van der Waals surface area contributed by atoms with E-state index in [9.17, 15) is 0 Å².